The molecule has 4 rings (SSSR count). The normalized spacial score (nSPS) is 14.4. The van der Waals surface area contributed by atoms with Gasteiger partial charge in [0.15, 0.2) is 0 Å². The lowest BCUT2D eigenvalue weighted by Gasteiger charge is -2.35. The highest BCUT2D eigenvalue weighted by Gasteiger charge is 2.22. The first kappa shape index (κ1) is 19.2. The summed E-state index contributed by atoms with van der Waals surface area (Å²) in [6.07, 6.45) is 3.81. The molecule has 0 spiro atoms. The topological polar surface area (TPSA) is 75.9 Å². The predicted molar refractivity (Wildman–Crippen MR) is 110 cm³/mol. The van der Waals surface area contributed by atoms with E-state index in [2.05, 4.69) is 33.1 Å². The van der Waals surface area contributed by atoms with E-state index < -0.39 is 0 Å². The van der Waals surface area contributed by atoms with Gasteiger partial charge in [-0.3, -0.25) is 9.20 Å². The highest BCUT2D eigenvalue weighted by molar-refractivity contribution is 5.76. The van der Waals surface area contributed by atoms with E-state index in [-0.39, 0.29) is 5.91 Å². The van der Waals surface area contributed by atoms with Gasteiger partial charge in [0.2, 0.25) is 5.91 Å². The molecular weight excluding hydrogens is 368 g/mol. The van der Waals surface area contributed by atoms with Crippen molar-refractivity contribution >= 4 is 17.5 Å². The Bertz CT molecular complexity index is 994. The summed E-state index contributed by atoms with van der Waals surface area (Å²) >= 11 is 0. The first-order valence-electron chi connectivity index (χ1n) is 10.0. The summed E-state index contributed by atoms with van der Waals surface area (Å²) in [6.45, 7) is 5.06. The van der Waals surface area contributed by atoms with Crippen LogP contribution in [0.4, 0.5) is 5.82 Å². The van der Waals surface area contributed by atoms with Crippen molar-refractivity contribution in [2.75, 3.05) is 38.2 Å². The molecule has 1 fully saturated rings. The van der Waals surface area contributed by atoms with Crippen molar-refractivity contribution < 1.29 is 9.53 Å². The second kappa shape index (κ2) is 8.46. The third-order valence-electron chi connectivity index (χ3n) is 5.43. The molecule has 0 N–H and O–H groups in total. The van der Waals surface area contributed by atoms with Crippen molar-refractivity contribution in [3.05, 3.63) is 47.9 Å². The zero-order valence-corrected chi connectivity index (χ0v) is 16.9. The van der Waals surface area contributed by atoms with Gasteiger partial charge in [0.1, 0.15) is 17.9 Å². The van der Waals surface area contributed by atoms with Crippen LogP contribution in [0.2, 0.25) is 0 Å². The molecule has 1 aliphatic rings. The second-order valence-electron chi connectivity index (χ2n) is 7.18. The Morgan fingerprint density at radius 3 is 2.76 bits per heavy atom. The van der Waals surface area contributed by atoms with Crippen molar-refractivity contribution in [3.63, 3.8) is 0 Å². The van der Waals surface area contributed by atoms with Gasteiger partial charge in [0, 0.05) is 44.4 Å². The second-order valence-corrected chi connectivity index (χ2v) is 7.18. The van der Waals surface area contributed by atoms with Gasteiger partial charge in [0.05, 0.1) is 7.11 Å². The Morgan fingerprint density at radius 1 is 1.17 bits per heavy atom. The minimum absolute atomic E-state index is 0.197. The number of ether oxygens (including phenoxy) is 1. The third kappa shape index (κ3) is 4.16. The number of aromatic nitrogens is 4. The number of carbonyl (C=O) groups is 1. The summed E-state index contributed by atoms with van der Waals surface area (Å²) in [5, 5.41) is 8.05. The molecule has 1 aromatic carbocycles. The summed E-state index contributed by atoms with van der Waals surface area (Å²) < 4.78 is 7.17. The van der Waals surface area contributed by atoms with Gasteiger partial charge >= 0.3 is 0 Å². The van der Waals surface area contributed by atoms with Crippen LogP contribution in [0.25, 0.3) is 5.78 Å². The Labute approximate surface area is 170 Å². The molecule has 0 radical (unpaired) electrons. The fraction of sp³-hybridized carbons (Fsp3) is 0.429. The van der Waals surface area contributed by atoms with Crippen molar-refractivity contribution in [1.82, 2.24) is 24.5 Å². The lowest BCUT2D eigenvalue weighted by atomic mass is 10.1. The number of carbonyl (C=O) groups excluding carboxylic acids is 1. The average Bonchev–Trinajstić information content (AvgIpc) is 3.26. The molecule has 0 saturated carbocycles. The van der Waals surface area contributed by atoms with Crippen LogP contribution in [0.3, 0.4) is 0 Å². The summed E-state index contributed by atoms with van der Waals surface area (Å²) in [4.78, 5) is 21.5. The van der Waals surface area contributed by atoms with Gasteiger partial charge in [-0.05, 0) is 30.5 Å². The van der Waals surface area contributed by atoms with Crippen LogP contribution in [-0.2, 0) is 17.6 Å². The molecule has 8 heteroatoms. The quantitative estimate of drug-likeness (QED) is 0.636. The van der Waals surface area contributed by atoms with E-state index in [1.165, 1.54) is 0 Å². The van der Waals surface area contributed by atoms with Crippen LogP contribution in [0.5, 0.6) is 5.75 Å². The van der Waals surface area contributed by atoms with Crippen molar-refractivity contribution in [1.29, 1.82) is 0 Å². The van der Waals surface area contributed by atoms with Gasteiger partial charge in [-0.2, -0.15) is 4.98 Å². The summed E-state index contributed by atoms with van der Waals surface area (Å²) in [7, 11) is 1.66. The van der Waals surface area contributed by atoms with E-state index in [1.807, 2.05) is 33.6 Å². The highest BCUT2D eigenvalue weighted by atomic mass is 16.5. The minimum atomic E-state index is 0.197. The maximum atomic E-state index is 12.6. The van der Waals surface area contributed by atoms with Crippen LogP contribution < -0.4 is 9.64 Å². The number of nitrogens with zero attached hydrogens (tertiary/aromatic N) is 6. The predicted octanol–water partition coefficient (Wildman–Crippen LogP) is 1.98. The molecule has 152 valence electrons. The standard InChI is InChI=1S/C21H26N6O2/c1-3-17-14-19(23-21-24-22-15-27(17)21)25-9-11-26(12-10-25)20(28)8-7-16-5-4-6-18(13-16)29-2/h4-6,13-15H,3,7-12H2,1-2H3. The van der Waals surface area contributed by atoms with E-state index >= 15 is 0 Å². The molecule has 0 atom stereocenters. The average molecular weight is 394 g/mol. The van der Waals surface area contributed by atoms with Crippen molar-refractivity contribution in [2.24, 2.45) is 0 Å². The summed E-state index contributed by atoms with van der Waals surface area (Å²) in [5.41, 5.74) is 2.25. The zero-order valence-electron chi connectivity index (χ0n) is 16.9. The number of rotatable bonds is 6. The Kier molecular flexibility index (Phi) is 5.59. The largest absolute Gasteiger partial charge is 0.497 e. The number of benzene rings is 1. The zero-order chi connectivity index (χ0) is 20.2. The molecule has 1 saturated heterocycles. The third-order valence-corrected chi connectivity index (χ3v) is 5.43. The van der Waals surface area contributed by atoms with Crippen LogP contribution in [0.1, 0.15) is 24.6 Å². The smallest absolute Gasteiger partial charge is 0.256 e. The first-order valence-corrected chi connectivity index (χ1v) is 10.0. The van der Waals surface area contributed by atoms with Gasteiger partial charge in [-0.25, -0.2) is 0 Å². The molecular formula is C21H26N6O2. The van der Waals surface area contributed by atoms with Crippen molar-refractivity contribution in [3.8, 4) is 5.75 Å². The number of anilines is 1. The number of methoxy groups -OCH3 is 1. The van der Waals surface area contributed by atoms with E-state index in [0.717, 1.165) is 48.8 Å². The van der Waals surface area contributed by atoms with Gasteiger partial charge < -0.3 is 14.5 Å². The lowest BCUT2D eigenvalue weighted by molar-refractivity contribution is -0.131. The van der Waals surface area contributed by atoms with Crippen LogP contribution >= 0.6 is 0 Å². The fourth-order valence-electron chi connectivity index (χ4n) is 3.72. The Morgan fingerprint density at radius 2 is 2.00 bits per heavy atom. The minimum Gasteiger partial charge on any atom is -0.497 e. The monoisotopic (exact) mass is 394 g/mol. The van der Waals surface area contributed by atoms with E-state index in [1.54, 1.807) is 13.4 Å². The molecule has 0 bridgehead atoms. The molecule has 1 amide bonds. The van der Waals surface area contributed by atoms with E-state index in [9.17, 15) is 4.79 Å². The molecule has 3 heterocycles. The Hall–Kier alpha value is -3.16. The van der Waals surface area contributed by atoms with Gasteiger partial charge in [-0.1, -0.05) is 19.1 Å². The Balaban J connectivity index is 1.34. The maximum Gasteiger partial charge on any atom is 0.256 e. The van der Waals surface area contributed by atoms with Gasteiger partial charge in [-0.15, -0.1) is 10.2 Å². The van der Waals surface area contributed by atoms with Crippen LogP contribution in [0.15, 0.2) is 36.7 Å². The molecule has 3 aromatic rings. The number of amides is 1. The van der Waals surface area contributed by atoms with Crippen LogP contribution in [-0.4, -0.2) is 63.7 Å². The number of aryl methyl sites for hydroxylation is 2. The number of fused-ring (bicyclic) bond motifs is 1. The first-order chi connectivity index (χ1) is 14.2. The molecule has 0 aliphatic carbocycles. The molecule has 0 unspecified atom stereocenters. The van der Waals surface area contributed by atoms with E-state index in [4.69, 9.17) is 4.74 Å². The highest BCUT2D eigenvalue weighted by Crippen LogP contribution is 2.19. The lowest BCUT2D eigenvalue weighted by Crippen LogP contribution is -2.49. The van der Waals surface area contributed by atoms with Crippen LogP contribution in [0, 0.1) is 0 Å². The molecule has 1 aliphatic heterocycles. The molecule has 8 nitrogen and oxygen atoms in total. The number of hydrogen-bond acceptors (Lipinski definition) is 6. The van der Waals surface area contributed by atoms with Crippen molar-refractivity contribution in [2.45, 2.75) is 26.2 Å². The SMILES string of the molecule is CCc1cc(N2CCN(C(=O)CCc3cccc(OC)c3)CC2)nc2nncn12. The molecule has 2 aromatic heterocycles. The fourth-order valence-corrected chi connectivity index (χ4v) is 3.72. The maximum absolute atomic E-state index is 12.6. The number of hydrogen-bond donors (Lipinski definition) is 0. The van der Waals surface area contributed by atoms with E-state index in [0.29, 0.717) is 25.3 Å². The molecule has 29 heavy (non-hydrogen) atoms. The summed E-state index contributed by atoms with van der Waals surface area (Å²) in [5.74, 6) is 2.55. The van der Waals surface area contributed by atoms with Gasteiger partial charge in [0.25, 0.3) is 5.78 Å². The number of piperazine rings is 1. The summed E-state index contributed by atoms with van der Waals surface area (Å²) in [6, 6.07) is 9.99.